The highest BCUT2D eigenvalue weighted by Crippen LogP contribution is 2.33. The van der Waals surface area contributed by atoms with Gasteiger partial charge in [-0.15, -0.1) is 0 Å². The lowest BCUT2D eigenvalue weighted by Crippen LogP contribution is -2.34. The Kier molecular flexibility index (Phi) is 3.61. The minimum atomic E-state index is -0.618. The maximum absolute atomic E-state index is 12.9. The van der Waals surface area contributed by atoms with E-state index in [0.717, 1.165) is 4.57 Å². The van der Waals surface area contributed by atoms with Crippen molar-refractivity contribution in [3.8, 4) is 17.2 Å². The Balaban J connectivity index is 1.54. The van der Waals surface area contributed by atoms with Gasteiger partial charge in [-0.25, -0.2) is 14.3 Å². The Morgan fingerprint density at radius 1 is 1.18 bits per heavy atom. The lowest BCUT2D eigenvalue weighted by molar-refractivity contribution is 0.174. The fourth-order valence-electron chi connectivity index (χ4n) is 2.93. The van der Waals surface area contributed by atoms with Crippen LogP contribution in [-0.2, 0) is 6.54 Å². The average molecular weight is 379 g/mol. The van der Waals surface area contributed by atoms with Crippen LogP contribution in [0.2, 0.25) is 0 Å². The molecule has 0 unspecified atom stereocenters. The first-order valence-electron chi connectivity index (χ1n) is 8.37. The number of ether oxygens (including phenoxy) is 2. The highest BCUT2D eigenvalue weighted by atomic mass is 16.7. The Morgan fingerprint density at radius 2 is 2.07 bits per heavy atom. The van der Waals surface area contributed by atoms with Crippen LogP contribution in [0.1, 0.15) is 5.76 Å². The summed E-state index contributed by atoms with van der Waals surface area (Å²) in [5, 5.41) is 3.16. The van der Waals surface area contributed by atoms with Gasteiger partial charge in [0.15, 0.2) is 17.1 Å². The summed E-state index contributed by atoms with van der Waals surface area (Å²) >= 11 is 0. The number of furan rings is 1. The van der Waals surface area contributed by atoms with Crippen LogP contribution in [0.15, 0.2) is 56.8 Å². The second kappa shape index (κ2) is 6.27. The molecule has 3 aromatic heterocycles. The monoisotopic (exact) mass is 379 g/mol. The van der Waals surface area contributed by atoms with E-state index in [0.29, 0.717) is 29.5 Å². The molecule has 4 heterocycles. The van der Waals surface area contributed by atoms with E-state index in [4.69, 9.17) is 13.9 Å². The van der Waals surface area contributed by atoms with E-state index in [9.17, 15) is 9.59 Å². The van der Waals surface area contributed by atoms with Gasteiger partial charge in [0.2, 0.25) is 12.7 Å². The van der Waals surface area contributed by atoms with Crippen molar-refractivity contribution >= 4 is 17.0 Å². The van der Waals surface area contributed by atoms with Gasteiger partial charge in [-0.2, -0.15) is 4.98 Å². The van der Waals surface area contributed by atoms with Gasteiger partial charge in [0.05, 0.1) is 18.5 Å². The molecule has 5 rings (SSSR count). The van der Waals surface area contributed by atoms with Gasteiger partial charge in [0.1, 0.15) is 11.1 Å². The Bertz CT molecular complexity index is 1290. The predicted octanol–water partition coefficient (Wildman–Crippen LogP) is 1.40. The van der Waals surface area contributed by atoms with E-state index < -0.39 is 11.2 Å². The second-order valence-electron chi connectivity index (χ2n) is 6.00. The van der Waals surface area contributed by atoms with Crippen molar-refractivity contribution in [2.75, 3.05) is 12.1 Å². The molecule has 0 aliphatic carbocycles. The quantitative estimate of drug-likeness (QED) is 0.545. The van der Waals surface area contributed by atoms with E-state index in [1.165, 1.54) is 6.20 Å². The van der Waals surface area contributed by atoms with Crippen LogP contribution in [-0.4, -0.2) is 26.3 Å². The molecule has 1 aromatic carbocycles. The first kappa shape index (κ1) is 16.1. The zero-order chi connectivity index (χ0) is 19.1. The first-order chi connectivity index (χ1) is 13.7. The molecule has 10 heteroatoms. The Hall–Kier alpha value is -4.08. The Labute approximate surface area is 156 Å². The van der Waals surface area contributed by atoms with Gasteiger partial charge in [0, 0.05) is 12.3 Å². The number of hydrogen-bond donors (Lipinski definition) is 2. The molecule has 0 fully saturated rings. The lowest BCUT2D eigenvalue weighted by atomic mass is 10.2. The second-order valence-corrected chi connectivity index (χ2v) is 6.00. The number of anilines is 1. The van der Waals surface area contributed by atoms with Crippen LogP contribution in [0.3, 0.4) is 0 Å². The van der Waals surface area contributed by atoms with E-state index in [2.05, 4.69) is 20.3 Å². The van der Waals surface area contributed by atoms with Crippen molar-refractivity contribution in [2.45, 2.75) is 6.54 Å². The molecule has 0 saturated carbocycles. The van der Waals surface area contributed by atoms with E-state index in [1.807, 2.05) is 0 Å². The van der Waals surface area contributed by atoms with E-state index in [1.54, 1.807) is 36.6 Å². The minimum Gasteiger partial charge on any atom is -0.467 e. The molecule has 0 atom stereocenters. The first-order valence-corrected chi connectivity index (χ1v) is 8.37. The summed E-state index contributed by atoms with van der Waals surface area (Å²) in [7, 11) is 0. The zero-order valence-corrected chi connectivity index (χ0v) is 14.3. The third kappa shape index (κ3) is 2.67. The maximum atomic E-state index is 12.9. The molecule has 1 aliphatic heterocycles. The molecule has 4 aromatic rings. The molecular weight excluding hydrogens is 366 g/mol. The van der Waals surface area contributed by atoms with Crippen molar-refractivity contribution in [1.29, 1.82) is 0 Å². The summed E-state index contributed by atoms with van der Waals surface area (Å²) in [4.78, 5) is 36.4. The topological polar surface area (TPSA) is 124 Å². The summed E-state index contributed by atoms with van der Waals surface area (Å²) in [6.45, 7) is 0.473. The maximum Gasteiger partial charge on any atom is 0.334 e. The van der Waals surface area contributed by atoms with Crippen LogP contribution in [0.4, 0.5) is 5.95 Å². The van der Waals surface area contributed by atoms with Gasteiger partial charge in [-0.1, -0.05) is 0 Å². The molecule has 2 N–H and O–H groups in total. The van der Waals surface area contributed by atoms with Crippen molar-refractivity contribution in [2.24, 2.45) is 0 Å². The predicted molar refractivity (Wildman–Crippen MR) is 97.9 cm³/mol. The molecule has 0 saturated heterocycles. The lowest BCUT2D eigenvalue weighted by Gasteiger charge is -2.08. The SMILES string of the molecule is O=c1[nH]c2nc(NCc3ccco3)ncc2c(=O)n1-c1ccc2c(c1)OCO2. The number of aromatic amines is 1. The number of hydrogen-bond acceptors (Lipinski definition) is 8. The summed E-state index contributed by atoms with van der Waals surface area (Å²) < 4.78 is 16.8. The Morgan fingerprint density at radius 3 is 2.93 bits per heavy atom. The van der Waals surface area contributed by atoms with Crippen LogP contribution in [0.25, 0.3) is 16.7 Å². The minimum absolute atomic E-state index is 0.101. The van der Waals surface area contributed by atoms with E-state index in [-0.39, 0.29) is 23.8 Å². The zero-order valence-electron chi connectivity index (χ0n) is 14.3. The van der Waals surface area contributed by atoms with Gasteiger partial charge < -0.3 is 19.2 Å². The third-order valence-electron chi connectivity index (χ3n) is 4.27. The molecule has 140 valence electrons. The van der Waals surface area contributed by atoms with Crippen LogP contribution in [0, 0.1) is 0 Å². The largest absolute Gasteiger partial charge is 0.467 e. The van der Waals surface area contributed by atoms with Crippen LogP contribution >= 0.6 is 0 Å². The molecular formula is C18H13N5O5. The summed E-state index contributed by atoms with van der Waals surface area (Å²) in [5.74, 6) is 2.00. The van der Waals surface area contributed by atoms with Crippen molar-refractivity contribution in [3.63, 3.8) is 0 Å². The number of nitrogens with zero attached hydrogens (tertiary/aromatic N) is 3. The molecule has 0 bridgehead atoms. The van der Waals surface area contributed by atoms with Crippen molar-refractivity contribution in [3.05, 3.63) is 69.4 Å². The molecule has 0 spiro atoms. The van der Waals surface area contributed by atoms with Gasteiger partial charge in [-0.3, -0.25) is 9.78 Å². The average Bonchev–Trinajstić information content (AvgIpc) is 3.37. The fourth-order valence-corrected chi connectivity index (χ4v) is 2.93. The molecule has 28 heavy (non-hydrogen) atoms. The number of nitrogens with one attached hydrogen (secondary N) is 2. The third-order valence-corrected chi connectivity index (χ3v) is 4.27. The van der Waals surface area contributed by atoms with Crippen LogP contribution < -0.4 is 26.0 Å². The molecule has 0 radical (unpaired) electrons. The molecule has 1 aliphatic rings. The van der Waals surface area contributed by atoms with Crippen molar-refractivity contribution in [1.82, 2.24) is 19.5 Å². The number of fused-ring (bicyclic) bond motifs is 2. The number of H-pyrrole nitrogens is 1. The van der Waals surface area contributed by atoms with Crippen molar-refractivity contribution < 1.29 is 13.9 Å². The highest BCUT2D eigenvalue weighted by Gasteiger charge is 2.17. The summed E-state index contributed by atoms with van der Waals surface area (Å²) in [5.41, 5.74) is -0.649. The highest BCUT2D eigenvalue weighted by molar-refractivity contribution is 5.73. The van der Waals surface area contributed by atoms with E-state index >= 15 is 0 Å². The number of aromatic nitrogens is 4. The number of benzene rings is 1. The fraction of sp³-hybridized carbons (Fsp3) is 0.111. The van der Waals surface area contributed by atoms with Gasteiger partial charge in [0.25, 0.3) is 5.56 Å². The molecule has 0 amide bonds. The normalized spacial score (nSPS) is 12.4. The summed E-state index contributed by atoms with van der Waals surface area (Å²) in [6.07, 6.45) is 2.93. The van der Waals surface area contributed by atoms with Gasteiger partial charge >= 0.3 is 5.69 Å². The molecule has 10 nitrogen and oxygen atoms in total. The van der Waals surface area contributed by atoms with Crippen LogP contribution in [0.5, 0.6) is 11.5 Å². The standard InChI is InChI=1S/C18H13N5O5/c24-16-12-8-20-17(19-7-11-2-1-5-26-11)21-15(12)22-18(25)23(16)10-3-4-13-14(6-10)28-9-27-13/h1-6,8H,7,9H2,(H2,19,20,21,22,25). The van der Waals surface area contributed by atoms with Gasteiger partial charge in [-0.05, 0) is 24.3 Å². The summed E-state index contributed by atoms with van der Waals surface area (Å²) in [6, 6.07) is 8.40. The number of rotatable bonds is 4. The smallest absolute Gasteiger partial charge is 0.334 e.